The first-order valence-electron chi connectivity index (χ1n) is 7.16. The summed E-state index contributed by atoms with van der Waals surface area (Å²) in [6, 6.07) is 8.50. The summed E-state index contributed by atoms with van der Waals surface area (Å²) in [5.41, 5.74) is 1.27. The van der Waals surface area contributed by atoms with E-state index in [1.54, 1.807) is 0 Å². The molecule has 0 amide bonds. The maximum atomic E-state index is 6.02. The zero-order valence-corrected chi connectivity index (χ0v) is 12.6. The molecule has 0 saturated carbocycles. The van der Waals surface area contributed by atoms with E-state index in [0.29, 0.717) is 6.04 Å². The number of halogens is 1. The highest BCUT2D eigenvalue weighted by Gasteiger charge is 2.09. The summed E-state index contributed by atoms with van der Waals surface area (Å²) in [4.78, 5) is 0. The Morgan fingerprint density at radius 1 is 1.28 bits per heavy atom. The molecule has 1 rings (SSSR count). The molecule has 2 heteroatoms. The van der Waals surface area contributed by atoms with Crippen LogP contribution in [0.5, 0.6) is 0 Å². The summed E-state index contributed by atoms with van der Waals surface area (Å²) in [5.74, 6) is 0.798. The van der Waals surface area contributed by atoms with Crippen LogP contribution in [0.1, 0.15) is 58.1 Å². The Balaban J connectivity index is 2.42. The van der Waals surface area contributed by atoms with Crippen molar-refractivity contribution in [3.63, 3.8) is 0 Å². The van der Waals surface area contributed by atoms with Gasteiger partial charge in [0.25, 0.3) is 0 Å². The fourth-order valence-electron chi connectivity index (χ4n) is 2.18. The predicted octanol–water partition coefficient (Wildman–Crippen LogP) is 5.21. The van der Waals surface area contributed by atoms with E-state index >= 15 is 0 Å². The minimum atomic E-state index is 0.374. The average Bonchev–Trinajstić information content (AvgIpc) is 2.38. The van der Waals surface area contributed by atoms with Crippen LogP contribution in [0.4, 0.5) is 0 Å². The number of unbranched alkanes of at least 4 members (excludes halogenated alkanes) is 1. The highest BCUT2D eigenvalue weighted by atomic mass is 35.5. The third-order valence-electron chi connectivity index (χ3n) is 3.60. The molecule has 0 bridgehead atoms. The first-order chi connectivity index (χ1) is 8.67. The topological polar surface area (TPSA) is 12.0 Å². The average molecular weight is 268 g/mol. The zero-order chi connectivity index (χ0) is 13.4. The summed E-state index contributed by atoms with van der Waals surface area (Å²) < 4.78 is 0. The molecule has 0 aliphatic heterocycles. The number of hydrogen-bond acceptors (Lipinski definition) is 1. The van der Waals surface area contributed by atoms with Gasteiger partial charge in [0, 0.05) is 11.1 Å². The van der Waals surface area contributed by atoms with Crippen molar-refractivity contribution in [2.24, 2.45) is 5.92 Å². The van der Waals surface area contributed by atoms with Gasteiger partial charge in [-0.25, -0.2) is 0 Å². The molecule has 2 atom stereocenters. The number of rotatable bonds is 8. The van der Waals surface area contributed by atoms with Gasteiger partial charge in [0.15, 0.2) is 0 Å². The van der Waals surface area contributed by atoms with Crippen LogP contribution < -0.4 is 5.32 Å². The molecular formula is C16H26ClN. The van der Waals surface area contributed by atoms with E-state index in [9.17, 15) is 0 Å². The van der Waals surface area contributed by atoms with Gasteiger partial charge in [-0.05, 0) is 43.5 Å². The molecule has 0 aromatic heterocycles. The van der Waals surface area contributed by atoms with Crippen LogP contribution in [0.25, 0.3) is 0 Å². The second-order valence-corrected chi connectivity index (χ2v) is 5.54. The Labute approximate surface area is 117 Å². The predicted molar refractivity (Wildman–Crippen MR) is 81.2 cm³/mol. The SMILES string of the molecule is CCCCC(CC)CN[C@H](C)c1cccc(Cl)c1. The Kier molecular flexibility index (Phi) is 7.38. The molecule has 0 fully saturated rings. The van der Waals surface area contributed by atoms with Gasteiger partial charge in [0.2, 0.25) is 0 Å². The van der Waals surface area contributed by atoms with Gasteiger partial charge in [0.1, 0.15) is 0 Å². The zero-order valence-electron chi connectivity index (χ0n) is 11.9. The molecule has 1 aromatic carbocycles. The lowest BCUT2D eigenvalue weighted by Crippen LogP contribution is -2.25. The molecule has 1 aromatic rings. The second-order valence-electron chi connectivity index (χ2n) is 5.10. The molecule has 18 heavy (non-hydrogen) atoms. The van der Waals surface area contributed by atoms with Crippen LogP contribution in [0.3, 0.4) is 0 Å². The molecule has 0 aliphatic carbocycles. The molecule has 0 heterocycles. The van der Waals surface area contributed by atoms with Crippen molar-refractivity contribution in [3.05, 3.63) is 34.9 Å². The number of benzene rings is 1. The second kappa shape index (κ2) is 8.55. The summed E-state index contributed by atoms with van der Waals surface area (Å²) in [7, 11) is 0. The van der Waals surface area contributed by atoms with Gasteiger partial charge in [-0.3, -0.25) is 0 Å². The summed E-state index contributed by atoms with van der Waals surface area (Å²) in [5, 5.41) is 4.45. The first-order valence-corrected chi connectivity index (χ1v) is 7.54. The lowest BCUT2D eigenvalue weighted by molar-refractivity contribution is 0.398. The van der Waals surface area contributed by atoms with E-state index in [0.717, 1.165) is 17.5 Å². The molecule has 0 saturated heterocycles. The Bertz CT molecular complexity index is 338. The van der Waals surface area contributed by atoms with Crippen LogP contribution in [0, 0.1) is 5.92 Å². The minimum absolute atomic E-state index is 0.374. The smallest absolute Gasteiger partial charge is 0.0409 e. The third kappa shape index (κ3) is 5.41. The summed E-state index contributed by atoms with van der Waals surface area (Å²) in [6.45, 7) is 7.85. The van der Waals surface area contributed by atoms with Crippen LogP contribution >= 0.6 is 11.6 Å². The van der Waals surface area contributed by atoms with Crippen LogP contribution in [-0.2, 0) is 0 Å². The third-order valence-corrected chi connectivity index (χ3v) is 3.84. The van der Waals surface area contributed by atoms with Gasteiger partial charge in [0.05, 0.1) is 0 Å². The fourth-order valence-corrected chi connectivity index (χ4v) is 2.38. The molecule has 0 aliphatic rings. The Morgan fingerprint density at radius 2 is 2.06 bits per heavy atom. The highest BCUT2D eigenvalue weighted by molar-refractivity contribution is 6.30. The molecular weight excluding hydrogens is 242 g/mol. The lowest BCUT2D eigenvalue weighted by Gasteiger charge is -2.20. The van der Waals surface area contributed by atoms with Crippen LogP contribution in [0.15, 0.2) is 24.3 Å². The molecule has 102 valence electrons. The van der Waals surface area contributed by atoms with Crippen molar-refractivity contribution in [2.75, 3.05) is 6.54 Å². The van der Waals surface area contributed by atoms with E-state index in [-0.39, 0.29) is 0 Å². The Morgan fingerprint density at radius 3 is 2.67 bits per heavy atom. The number of hydrogen-bond donors (Lipinski definition) is 1. The van der Waals surface area contributed by atoms with E-state index in [1.807, 2.05) is 18.2 Å². The normalized spacial score (nSPS) is 14.4. The fraction of sp³-hybridized carbons (Fsp3) is 0.625. The van der Waals surface area contributed by atoms with Crippen molar-refractivity contribution in [1.29, 1.82) is 0 Å². The van der Waals surface area contributed by atoms with Crippen LogP contribution in [-0.4, -0.2) is 6.54 Å². The minimum Gasteiger partial charge on any atom is -0.310 e. The monoisotopic (exact) mass is 267 g/mol. The molecule has 1 unspecified atom stereocenters. The first kappa shape index (κ1) is 15.5. The molecule has 1 nitrogen and oxygen atoms in total. The van der Waals surface area contributed by atoms with Gasteiger partial charge in [-0.2, -0.15) is 0 Å². The van der Waals surface area contributed by atoms with Crippen molar-refractivity contribution < 1.29 is 0 Å². The Hall–Kier alpha value is -0.530. The van der Waals surface area contributed by atoms with Crippen molar-refractivity contribution in [3.8, 4) is 0 Å². The van der Waals surface area contributed by atoms with Crippen molar-refractivity contribution in [2.45, 2.75) is 52.5 Å². The van der Waals surface area contributed by atoms with E-state index in [1.165, 1.54) is 31.2 Å². The number of nitrogens with one attached hydrogen (secondary N) is 1. The van der Waals surface area contributed by atoms with Crippen LogP contribution in [0.2, 0.25) is 5.02 Å². The molecule has 1 N–H and O–H groups in total. The summed E-state index contributed by atoms with van der Waals surface area (Å²) in [6.07, 6.45) is 5.23. The van der Waals surface area contributed by atoms with Gasteiger partial charge in [-0.1, -0.05) is 56.8 Å². The standard InChI is InChI=1S/C16H26ClN/c1-4-6-8-14(5-2)12-18-13(3)15-9-7-10-16(17)11-15/h7,9-11,13-14,18H,4-6,8,12H2,1-3H3/t13-,14?/m1/s1. The van der Waals surface area contributed by atoms with E-state index < -0.39 is 0 Å². The van der Waals surface area contributed by atoms with Gasteiger partial charge < -0.3 is 5.32 Å². The van der Waals surface area contributed by atoms with Crippen molar-refractivity contribution >= 4 is 11.6 Å². The lowest BCUT2D eigenvalue weighted by atomic mass is 9.98. The summed E-state index contributed by atoms with van der Waals surface area (Å²) >= 11 is 6.02. The highest BCUT2D eigenvalue weighted by Crippen LogP contribution is 2.18. The van der Waals surface area contributed by atoms with E-state index in [2.05, 4.69) is 32.2 Å². The maximum absolute atomic E-state index is 6.02. The van der Waals surface area contributed by atoms with E-state index in [4.69, 9.17) is 11.6 Å². The van der Waals surface area contributed by atoms with Gasteiger partial charge in [-0.15, -0.1) is 0 Å². The quantitative estimate of drug-likeness (QED) is 0.682. The maximum Gasteiger partial charge on any atom is 0.0409 e. The molecule has 0 spiro atoms. The molecule has 0 radical (unpaired) electrons. The van der Waals surface area contributed by atoms with Crippen molar-refractivity contribution in [1.82, 2.24) is 5.32 Å². The largest absolute Gasteiger partial charge is 0.310 e. The van der Waals surface area contributed by atoms with Gasteiger partial charge >= 0.3 is 0 Å².